The lowest BCUT2D eigenvalue weighted by Crippen LogP contribution is -2.24. The maximum absolute atomic E-state index is 12.8. The summed E-state index contributed by atoms with van der Waals surface area (Å²) in [5.74, 6) is -0.143. The first-order chi connectivity index (χ1) is 17.0. The summed E-state index contributed by atoms with van der Waals surface area (Å²) < 4.78 is 5.05. The fraction of sp³-hybridized carbons (Fsp3) is 0.519. The van der Waals surface area contributed by atoms with Gasteiger partial charge in [0.25, 0.3) is 0 Å². The Labute approximate surface area is 215 Å². The number of nitrogens with one attached hydrogen (secondary N) is 2. The van der Waals surface area contributed by atoms with Crippen molar-refractivity contribution < 1.29 is 19.1 Å². The van der Waals surface area contributed by atoms with Crippen molar-refractivity contribution in [2.24, 2.45) is 5.92 Å². The van der Waals surface area contributed by atoms with Crippen LogP contribution >= 0.6 is 23.1 Å². The summed E-state index contributed by atoms with van der Waals surface area (Å²) in [6.45, 7) is 0. The number of ether oxygens (including phenoxy) is 1. The van der Waals surface area contributed by atoms with E-state index in [1.165, 1.54) is 47.9 Å². The van der Waals surface area contributed by atoms with E-state index >= 15 is 0 Å². The minimum absolute atomic E-state index is 0.0909. The number of thioether (sulfide) groups is 1. The molecule has 1 aromatic heterocycles. The van der Waals surface area contributed by atoms with Crippen LogP contribution in [0.1, 0.15) is 78.6 Å². The molecule has 2 aromatic rings. The van der Waals surface area contributed by atoms with Crippen molar-refractivity contribution in [3.63, 3.8) is 0 Å². The molecule has 8 heteroatoms. The van der Waals surface area contributed by atoms with Crippen LogP contribution in [-0.4, -0.2) is 30.6 Å². The summed E-state index contributed by atoms with van der Waals surface area (Å²) in [5, 5.41) is 6.61. The Bertz CT molecular complexity index is 1060. The number of rotatable bonds is 7. The highest BCUT2D eigenvalue weighted by Crippen LogP contribution is 2.38. The molecule has 0 unspecified atom stereocenters. The Kier molecular flexibility index (Phi) is 9.26. The van der Waals surface area contributed by atoms with Gasteiger partial charge in [0.1, 0.15) is 5.00 Å². The molecule has 2 amide bonds. The second kappa shape index (κ2) is 12.6. The van der Waals surface area contributed by atoms with E-state index in [0.29, 0.717) is 10.6 Å². The van der Waals surface area contributed by atoms with E-state index in [4.69, 9.17) is 4.74 Å². The number of esters is 1. The van der Waals surface area contributed by atoms with Gasteiger partial charge in [-0.3, -0.25) is 9.59 Å². The van der Waals surface area contributed by atoms with Crippen LogP contribution in [0.4, 0.5) is 10.7 Å². The van der Waals surface area contributed by atoms with Gasteiger partial charge < -0.3 is 15.4 Å². The topological polar surface area (TPSA) is 84.5 Å². The highest BCUT2D eigenvalue weighted by Gasteiger charge is 2.26. The van der Waals surface area contributed by atoms with Gasteiger partial charge in [-0.25, -0.2) is 4.79 Å². The number of benzene rings is 1. The van der Waals surface area contributed by atoms with Crippen LogP contribution < -0.4 is 10.6 Å². The third-order valence-corrected chi connectivity index (χ3v) is 8.96. The van der Waals surface area contributed by atoms with Crippen LogP contribution in [-0.2, 0) is 27.2 Å². The zero-order chi connectivity index (χ0) is 24.6. The first-order valence-corrected chi connectivity index (χ1v) is 14.4. The fourth-order valence-electron chi connectivity index (χ4n) is 4.91. The number of fused-ring (bicyclic) bond motifs is 1. The summed E-state index contributed by atoms with van der Waals surface area (Å²) in [6, 6.07) is 7.63. The molecule has 4 rings (SSSR count). The lowest BCUT2D eigenvalue weighted by molar-refractivity contribution is -0.120. The van der Waals surface area contributed by atoms with Crippen molar-refractivity contribution in [1.29, 1.82) is 0 Å². The van der Waals surface area contributed by atoms with Crippen LogP contribution in [0.25, 0.3) is 0 Å². The lowest BCUT2D eigenvalue weighted by atomic mass is 9.88. The van der Waals surface area contributed by atoms with E-state index in [9.17, 15) is 14.4 Å². The SMILES string of the molecule is COC(=O)c1c(NC(=O)CSc2cccc(NC(=O)C3CCCCC3)c2)sc2c1CCCCCC2. The summed E-state index contributed by atoms with van der Waals surface area (Å²) in [7, 11) is 1.39. The Morgan fingerprint density at radius 2 is 1.74 bits per heavy atom. The van der Waals surface area contributed by atoms with Crippen molar-refractivity contribution in [3.8, 4) is 0 Å². The van der Waals surface area contributed by atoms with Gasteiger partial charge in [-0.2, -0.15) is 0 Å². The monoisotopic (exact) mass is 514 g/mol. The number of carbonyl (C=O) groups excluding carboxylic acids is 3. The third-order valence-electron chi connectivity index (χ3n) is 6.76. The largest absolute Gasteiger partial charge is 0.465 e. The number of amides is 2. The molecule has 0 radical (unpaired) electrons. The van der Waals surface area contributed by atoms with E-state index in [1.807, 2.05) is 24.3 Å². The number of hydrogen-bond acceptors (Lipinski definition) is 6. The maximum Gasteiger partial charge on any atom is 0.341 e. The van der Waals surface area contributed by atoms with Crippen LogP contribution in [0, 0.1) is 5.92 Å². The number of aryl methyl sites for hydroxylation is 1. The minimum atomic E-state index is -0.382. The van der Waals surface area contributed by atoms with Crippen molar-refractivity contribution >= 4 is 51.6 Å². The van der Waals surface area contributed by atoms with Gasteiger partial charge in [-0.1, -0.05) is 38.2 Å². The lowest BCUT2D eigenvalue weighted by Gasteiger charge is -2.20. The van der Waals surface area contributed by atoms with Gasteiger partial charge in [0.15, 0.2) is 0 Å². The van der Waals surface area contributed by atoms with Gasteiger partial charge in [-0.05, 0) is 62.3 Å². The quantitative estimate of drug-likeness (QED) is 0.328. The summed E-state index contributed by atoms with van der Waals surface area (Å²) >= 11 is 2.92. The van der Waals surface area contributed by atoms with Gasteiger partial charge in [0.2, 0.25) is 11.8 Å². The third kappa shape index (κ3) is 6.88. The Balaban J connectivity index is 1.38. The molecule has 35 heavy (non-hydrogen) atoms. The summed E-state index contributed by atoms with van der Waals surface area (Å²) in [4.78, 5) is 40.0. The highest BCUT2D eigenvalue weighted by atomic mass is 32.2. The van der Waals surface area contributed by atoms with E-state index in [1.54, 1.807) is 0 Å². The van der Waals surface area contributed by atoms with E-state index in [2.05, 4.69) is 10.6 Å². The van der Waals surface area contributed by atoms with Gasteiger partial charge >= 0.3 is 5.97 Å². The molecule has 188 valence electrons. The van der Waals surface area contributed by atoms with Crippen LogP contribution in [0.5, 0.6) is 0 Å². The van der Waals surface area contributed by atoms with Gasteiger partial charge in [0, 0.05) is 21.4 Å². The molecule has 0 aliphatic heterocycles. The second-order valence-electron chi connectivity index (χ2n) is 9.30. The molecule has 1 heterocycles. The highest BCUT2D eigenvalue weighted by molar-refractivity contribution is 8.00. The van der Waals surface area contributed by atoms with Gasteiger partial charge in [0.05, 0.1) is 18.4 Å². The first kappa shape index (κ1) is 25.8. The second-order valence-corrected chi connectivity index (χ2v) is 11.5. The Hall–Kier alpha value is -2.32. The number of anilines is 2. The van der Waals surface area contributed by atoms with Crippen LogP contribution in [0.2, 0.25) is 0 Å². The molecule has 1 saturated carbocycles. The number of thiophene rings is 1. The molecule has 6 nitrogen and oxygen atoms in total. The van der Waals surface area contributed by atoms with Crippen molar-refractivity contribution in [2.45, 2.75) is 75.5 Å². The molecule has 1 aromatic carbocycles. The average Bonchev–Trinajstić information content (AvgIpc) is 3.18. The summed E-state index contributed by atoms with van der Waals surface area (Å²) in [5.41, 5.74) is 2.34. The molecular weight excluding hydrogens is 480 g/mol. The fourth-order valence-corrected chi connectivity index (χ4v) is 6.96. The number of hydrogen-bond donors (Lipinski definition) is 2. The molecule has 0 spiro atoms. The standard InChI is InChI=1S/C27H34N2O4S2/c1-33-27(32)24-21-14-7-2-3-8-15-22(21)35-26(24)29-23(30)17-34-20-13-9-12-19(16-20)28-25(31)18-10-5-4-6-11-18/h9,12-13,16,18H,2-8,10-11,14-15,17H2,1H3,(H,28,31)(H,29,30). The summed E-state index contributed by atoms with van der Waals surface area (Å²) in [6.07, 6.45) is 11.7. The molecule has 0 atom stereocenters. The van der Waals surface area contributed by atoms with Gasteiger partial charge in [-0.15, -0.1) is 23.1 Å². The minimum Gasteiger partial charge on any atom is -0.465 e. The molecule has 1 fully saturated rings. The van der Waals surface area contributed by atoms with Crippen molar-refractivity contribution in [1.82, 2.24) is 0 Å². The number of carbonyl (C=O) groups is 3. The van der Waals surface area contributed by atoms with E-state index in [0.717, 1.165) is 73.9 Å². The Morgan fingerprint density at radius 1 is 1.00 bits per heavy atom. The zero-order valence-electron chi connectivity index (χ0n) is 20.3. The predicted octanol–water partition coefficient (Wildman–Crippen LogP) is 6.44. The molecular formula is C27H34N2O4S2. The Morgan fingerprint density at radius 3 is 2.51 bits per heavy atom. The molecule has 2 aliphatic carbocycles. The van der Waals surface area contributed by atoms with Crippen LogP contribution in [0.15, 0.2) is 29.2 Å². The van der Waals surface area contributed by atoms with Crippen LogP contribution in [0.3, 0.4) is 0 Å². The zero-order valence-corrected chi connectivity index (χ0v) is 22.0. The predicted molar refractivity (Wildman–Crippen MR) is 143 cm³/mol. The van der Waals surface area contributed by atoms with Crippen molar-refractivity contribution in [3.05, 3.63) is 40.3 Å². The maximum atomic E-state index is 12.8. The molecule has 2 aliphatic rings. The average molecular weight is 515 g/mol. The number of methoxy groups -OCH3 is 1. The molecule has 2 N–H and O–H groups in total. The van der Waals surface area contributed by atoms with Crippen molar-refractivity contribution in [2.75, 3.05) is 23.5 Å². The first-order valence-electron chi connectivity index (χ1n) is 12.6. The molecule has 0 bridgehead atoms. The smallest absolute Gasteiger partial charge is 0.341 e. The van der Waals surface area contributed by atoms with E-state index in [-0.39, 0.29) is 29.5 Å². The molecule has 0 saturated heterocycles. The normalized spacial score (nSPS) is 16.5. The van der Waals surface area contributed by atoms with E-state index < -0.39 is 0 Å².